The maximum atomic E-state index is 9.64. The molecule has 0 atom stereocenters. The Labute approximate surface area is 404 Å². The van der Waals surface area contributed by atoms with E-state index < -0.39 is 0 Å². The second kappa shape index (κ2) is 15.3. The van der Waals surface area contributed by atoms with Gasteiger partial charge in [0.2, 0.25) is 0 Å². The predicted molar refractivity (Wildman–Crippen MR) is 290 cm³/mol. The first-order valence-corrected chi connectivity index (χ1v) is 24.0. The second-order valence-corrected chi connectivity index (χ2v) is 20.0. The number of rotatable bonds is 6. The van der Waals surface area contributed by atoms with Gasteiger partial charge in [-0.05, 0) is 177 Å². The zero-order valence-corrected chi connectivity index (χ0v) is 39.2. The molecule has 11 aromatic carbocycles. The minimum Gasteiger partial charge on any atom is -0.310 e. The highest BCUT2D eigenvalue weighted by Gasteiger charge is 2.37. The molecule has 0 radical (unpaired) electrons. The predicted octanol–water partition coefficient (Wildman–Crippen LogP) is 18.1. The van der Waals surface area contributed by atoms with Gasteiger partial charge in [-0.25, -0.2) is 0 Å². The Balaban J connectivity index is 1.01. The van der Waals surface area contributed by atoms with Crippen molar-refractivity contribution in [1.82, 2.24) is 0 Å². The summed E-state index contributed by atoms with van der Waals surface area (Å²) >= 11 is 0. The topological polar surface area (TPSA) is 27.0 Å². The average Bonchev–Trinajstić information content (AvgIpc) is 3.76. The SMILES string of the molecule is CC1(C)c2ccccc2-c2ccc(-c3c4ccccc4c(-c4ccc5c(c4)C(C)(C)c4ccccc4-5)c4cc(-c5ccc(N(c6ccc(C#N)cc6)c6ccc7ccccc7c6)cc5)ccc34)cc21. The van der Waals surface area contributed by atoms with Crippen LogP contribution in [0.5, 0.6) is 0 Å². The van der Waals surface area contributed by atoms with Gasteiger partial charge in [0.05, 0.1) is 11.6 Å². The van der Waals surface area contributed by atoms with Crippen LogP contribution in [0.1, 0.15) is 55.5 Å². The fourth-order valence-electron chi connectivity index (χ4n) is 12.0. The quantitative estimate of drug-likeness (QED) is 0.156. The van der Waals surface area contributed by atoms with Gasteiger partial charge in [0.25, 0.3) is 0 Å². The van der Waals surface area contributed by atoms with Gasteiger partial charge < -0.3 is 4.90 Å². The van der Waals surface area contributed by atoms with Crippen molar-refractivity contribution < 1.29 is 0 Å². The lowest BCUT2D eigenvalue weighted by Crippen LogP contribution is -2.15. The van der Waals surface area contributed by atoms with Crippen LogP contribution in [0.3, 0.4) is 0 Å². The van der Waals surface area contributed by atoms with Crippen LogP contribution in [-0.4, -0.2) is 0 Å². The number of benzene rings is 11. The highest BCUT2D eigenvalue weighted by molar-refractivity contribution is 6.22. The number of anilines is 3. The van der Waals surface area contributed by atoms with E-state index >= 15 is 0 Å². The molecule has 0 saturated heterocycles. The number of fused-ring (bicyclic) bond motifs is 9. The normalized spacial score (nSPS) is 13.7. The molecule has 0 saturated carbocycles. The van der Waals surface area contributed by atoms with Crippen LogP contribution in [0.25, 0.3) is 88.0 Å². The molecule has 2 aliphatic rings. The van der Waals surface area contributed by atoms with Crippen LogP contribution >= 0.6 is 0 Å². The third-order valence-electron chi connectivity index (χ3n) is 15.5. The lowest BCUT2D eigenvalue weighted by Gasteiger charge is -2.26. The van der Waals surface area contributed by atoms with E-state index in [4.69, 9.17) is 0 Å². The molecule has 69 heavy (non-hydrogen) atoms. The molecule has 0 bridgehead atoms. The second-order valence-electron chi connectivity index (χ2n) is 20.0. The molecule has 13 rings (SSSR count). The molecule has 2 heteroatoms. The lowest BCUT2D eigenvalue weighted by molar-refractivity contribution is 0.660. The van der Waals surface area contributed by atoms with Crippen LogP contribution in [0.4, 0.5) is 17.1 Å². The van der Waals surface area contributed by atoms with Gasteiger partial charge in [0.15, 0.2) is 0 Å². The Morgan fingerprint density at radius 3 is 1.38 bits per heavy atom. The van der Waals surface area contributed by atoms with E-state index in [1.54, 1.807) is 0 Å². The molecule has 0 amide bonds. The molecule has 0 unspecified atom stereocenters. The highest BCUT2D eigenvalue weighted by atomic mass is 15.1. The third kappa shape index (κ3) is 6.24. The Morgan fingerprint density at radius 2 is 0.783 bits per heavy atom. The smallest absolute Gasteiger partial charge is 0.0991 e. The molecular formula is C67H48N2. The van der Waals surface area contributed by atoms with Crippen LogP contribution < -0.4 is 4.90 Å². The van der Waals surface area contributed by atoms with Gasteiger partial charge in [-0.2, -0.15) is 5.26 Å². The van der Waals surface area contributed by atoms with Gasteiger partial charge in [0, 0.05) is 27.9 Å². The Kier molecular flexibility index (Phi) is 9.01. The first-order chi connectivity index (χ1) is 33.7. The van der Waals surface area contributed by atoms with Gasteiger partial charge in [-0.1, -0.05) is 179 Å². The zero-order valence-electron chi connectivity index (χ0n) is 39.2. The Bertz CT molecular complexity index is 3960. The zero-order chi connectivity index (χ0) is 46.6. The standard InChI is InChI=1S/C67H48N2/c1-66(2)60-19-11-9-15-52(60)54-34-27-47(39-62(54)66)64-56-17-7-8-18-57(56)65(48-28-35-55-53-16-10-12-20-61(53)67(3,4)63(55)40-48)59-38-46(26-36-58(59)64)44-23-31-50(32-24-44)69(49-29-21-42(41-68)22-30-49)51-33-25-43-13-5-6-14-45(43)37-51/h5-40H,1-4H3. The molecule has 0 N–H and O–H groups in total. The molecule has 0 fully saturated rings. The van der Waals surface area contributed by atoms with Crippen molar-refractivity contribution in [2.24, 2.45) is 0 Å². The van der Waals surface area contributed by atoms with E-state index in [-0.39, 0.29) is 10.8 Å². The Hall–Kier alpha value is -8.51. The highest BCUT2D eigenvalue weighted by Crippen LogP contribution is 2.54. The van der Waals surface area contributed by atoms with Crippen LogP contribution in [0.15, 0.2) is 218 Å². The van der Waals surface area contributed by atoms with Crippen molar-refractivity contribution in [3.8, 4) is 61.7 Å². The van der Waals surface area contributed by atoms with Crippen molar-refractivity contribution in [2.45, 2.75) is 38.5 Å². The molecule has 11 aromatic rings. The number of hydrogen-bond acceptors (Lipinski definition) is 2. The summed E-state index contributed by atoms with van der Waals surface area (Å²) in [4.78, 5) is 2.28. The van der Waals surface area contributed by atoms with E-state index in [2.05, 4.69) is 233 Å². The fourth-order valence-corrected chi connectivity index (χ4v) is 12.0. The summed E-state index contributed by atoms with van der Waals surface area (Å²) in [5, 5.41) is 17.0. The first-order valence-electron chi connectivity index (χ1n) is 24.0. The fraction of sp³-hybridized carbons (Fsp3) is 0.0896. The molecule has 0 aromatic heterocycles. The van der Waals surface area contributed by atoms with Crippen molar-refractivity contribution in [3.05, 3.63) is 246 Å². The third-order valence-corrected chi connectivity index (χ3v) is 15.5. The number of nitriles is 1. The summed E-state index contributed by atoms with van der Waals surface area (Å²) < 4.78 is 0. The summed E-state index contributed by atoms with van der Waals surface area (Å²) in [6.45, 7) is 9.49. The molecule has 0 aliphatic heterocycles. The van der Waals surface area contributed by atoms with E-state index in [0.29, 0.717) is 5.56 Å². The molecule has 326 valence electrons. The van der Waals surface area contributed by atoms with Gasteiger partial charge in [-0.3, -0.25) is 0 Å². The van der Waals surface area contributed by atoms with Crippen molar-refractivity contribution >= 4 is 49.4 Å². The van der Waals surface area contributed by atoms with E-state index in [1.165, 1.54) is 99.1 Å². The van der Waals surface area contributed by atoms with Crippen LogP contribution in [0, 0.1) is 11.3 Å². The van der Waals surface area contributed by atoms with E-state index in [1.807, 2.05) is 24.3 Å². The molecule has 0 spiro atoms. The van der Waals surface area contributed by atoms with Gasteiger partial charge >= 0.3 is 0 Å². The van der Waals surface area contributed by atoms with Crippen LogP contribution in [-0.2, 0) is 10.8 Å². The molecule has 2 nitrogen and oxygen atoms in total. The summed E-state index contributed by atoms with van der Waals surface area (Å²) in [5.41, 5.74) is 21.6. The minimum atomic E-state index is -0.131. The summed E-state index contributed by atoms with van der Waals surface area (Å²) in [6, 6.07) is 82.6. The Morgan fingerprint density at radius 1 is 0.333 bits per heavy atom. The monoisotopic (exact) mass is 880 g/mol. The summed E-state index contributed by atoms with van der Waals surface area (Å²) in [6.07, 6.45) is 0. The number of nitrogens with zero attached hydrogens (tertiary/aromatic N) is 2. The van der Waals surface area contributed by atoms with Gasteiger partial charge in [-0.15, -0.1) is 0 Å². The summed E-state index contributed by atoms with van der Waals surface area (Å²) in [7, 11) is 0. The average molecular weight is 881 g/mol. The largest absolute Gasteiger partial charge is 0.310 e. The van der Waals surface area contributed by atoms with E-state index in [9.17, 15) is 5.26 Å². The minimum absolute atomic E-state index is 0.119. The number of hydrogen-bond donors (Lipinski definition) is 0. The maximum absolute atomic E-state index is 9.64. The van der Waals surface area contributed by atoms with Crippen molar-refractivity contribution in [3.63, 3.8) is 0 Å². The van der Waals surface area contributed by atoms with E-state index in [0.717, 1.165) is 28.2 Å². The molecular weight excluding hydrogens is 833 g/mol. The first kappa shape index (κ1) is 40.7. The van der Waals surface area contributed by atoms with Crippen LogP contribution in [0.2, 0.25) is 0 Å². The molecule has 0 heterocycles. The van der Waals surface area contributed by atoms with Gasteiger partial charge in [0.1, 0.15) is 0 Å². The maximum Gasteiger partial charge on any atom is 0.0991 e. The van der Waals surface area contributed by atoms with Crippen molar-refractivity contribution in [1.29, 1.82) is 5.26 Å². The molecule has 2 aliphatic carbocycles. The summed E-state index contributed by atoms with van der Waals surface area (Å²) in [5.74, 6) is 0. The van der Waals surface area contributed by atoms with Crippen molar-refractivity contribution in [2.75, 3.05) is 4.90 Å². The lowest BCUT2D eigenvalue weighted by atomic mass is 9.79.